The van der Waals surface area contributed by atoms with Gasteiger partial charge in [-0.05, 0) is 80.5 Å². The molecule has 0 bridgehead atoms. The molecule has 3 aromatic rings. The summed E-state index contributed by atoms with van der Waals surface area (Å²) >= 11 is 0. The SMILES string of the molecule is C=CCOC(=O)N[C@@H](C(=O)N[C@H](C)C(=O)Nc1ccc(COC(=O)N2c3cc(OCCCOc4cc5c(cc4OC)C(=O)N4C=C(/C=C/C)CC4C(O)N5C(=O)O)c(OC)cc3C(=O)N3C=C(/C=C/C)C[C@H]3[C@@H]2O)cc1)C(C)C. The maximum atomic E-state index is 14.3. The Hall–Kier alpha value is -8.83. The van der Waals surface area contributed by atoms with Gasteiger partial charge >= 0.3 is 18.3 Å². The molecular formula is C56H65N7O16. The van der Waals surface area contributed by atoms with Crippen molar-refractivity contribution in [2.24, 2.45) is 5.92 Å². The number of benzene rings is 3. The van der Waals surface area contributed by atoms with Gasteiger partial charge in [0.1, 0.15) is 25.3 Å². The summed E-state index contributed by atoms with van der Waals surface area (Å²) in [4.78, 5) is 97.8. The number of hydrogen-bond acceptors (Lipinski definition) is 15. The van der Waals surface area contributed by atoms with Crippen molar-refractivity contribution in [2.45, 2.75) is 97.1 Å². The van der Waals surface area contributed by atoms with E-state index in [9.17, 15) is 48.9 Å². The molecule has 0 saturated heterocycles. The van der Waals surface area contributed by atoms with Gasteiger partial charge in [-0.3, -0.25) is 19.2 Å². The Bertz CT molecular complexity index is 2970. The lowest BCUT2D eigenvalue weighted by Crippen LogP contribution is -2.53. The molecule has 0 aromatic heterocycles. The minimum absolute atomic E-state index is 0.000495. The van der Waals surface area contributed by atoms with Gasteiger partial charge in [-0.2, -0.15) is 0 Å². The first-order valence-electron chi connectivity index (χ1n) is 25.4. The van der Waals surface area contributed by atoms with Gasteiger partial charge in [0.05, 0.1) is 62.0 Å². The van der Waals surface area contributed by atoms with Gasteiger partial charge in [0.2, 0.25) is 11.8 Å². The molecule has 420 valence electrons. The standard InChI is InChI=1S/C56H65N7O16/c1-9-13-34-22-41-52(68)62(55(71)72)39-26-45(43(74-7)24-37(39)50(66)60(41)28-34)76-20-12-21-77-46-27-40-38(25-44(46)75-8)51(67)61-29-35(14-10-2)23-42(61)53(69)63(40)56(73)79-30-33-15-17-36(18-16-33)58-48(64)32(6)57-49(65)47(31(4)5)59-54(70)78-19-11-3/h9-11,13-18,24-29,31-32,41-42,47,52-53,68-69H,3,12,19-23,30H2,1-2,4-8H3,(H,57,65)(H,58,64)(H,59,70)(H,71,72)/b13-9+,14-10+/t32-,41?,42+,47-,52?,53+/m1/s1. The number of amides is 7. The van der Waals surface area contributed by atoms with E-state index in [0.717, 1.165) is 20.9 Å². The Kier molecular flexibility index (Phi) is 18.7. The van der Waals surface area contributed by atoms with Crippen molar-refractivity contribution in [1.29, 1.82) is 0 Å². The number of carbonyl (C=O) groups excluding carboxylic acids is 6. The highest BCUT2D eigenvalue weighted by Gasteiger charge is 2.47. The van der Waals surface area contributed by atoms with Crippen molar-refractivity contribution >= 4 is 59.0 Å². The van der Waals surface area contributed by atoms with Gasteiger partial charge in [-0.15, -0.1) is 0 Å². The molecule has 0 spiro atoms. The number of methoxy groups -OCH3 is 2. The molecule has 23 nitrogen and oxygen atoms in total. The summed E-state index contributed by atoms with van der Waals surface area (Å²) in [6.07, 6.45) is 5.88. The largest absolute Gasteiger partial charge is 0.493 e. The lowest BCUT2D eigenvalue weighted by atomic mass is 10.0. The molecule has 0 saturated carbocycles. The molecule has 79 heavy (non-hydrogen) atoms. The number of aliphatic hydroxyl groups excluding tert-OH is 2. The zero-order valence-corrected chi connectivity index (χ0v) is 44.8. The molecule has 4 heterocycles. The third-order valence-corrected chi connectivity index (χ3v) is 13.3. The van der Waals surface area contributed by atoms with Crippen molar-refractivity contribution in [3.63, 3.8) is 0 Å². The van der Waals surface area contributed by atoms with Gasteiger partial charge in [-0.25, -0.2) is 24.2 Å². The molecule has 0 aliphatic carbocycles. The number of fused-ring (bicyclic) bond motifs is 4. The molecule has 6 atom stereocenters. The van der Waals surface area contributed by atoms with Crippen molar-refractivity contribution < 1.29 is 77.3 Å². The number of ether oxygens (including phenoxy) is 6. The topological polar surface area (TPSA) is 285 Å². The second-order valence-electron chi connectivity index (χ2n) is 19.0. The van der Waals surface area contributed by atoms with Crippen LogP contribution >= 0.6 is 0 Å². The first-order valence-corrected chi connectivity index (χ1v) is 25.4. The highest BCUT2D eigenvalue weighted by molar-refractivity contribution is 6.07. The van der Waals surface area contributed by atoms with Crippen LogP contribution in [0.15, 0.2) is 109 Å². The molecule has 23 heteroatoms. The van der Waals surface area contributed by atoms with Gasteiger partial charge in [0, 0.05) is 36.6 Å². The number of aliphatic hydroxyl groups is 2. The second-order valence-corrected chi connectivity index (χ2v) is 19.0. The normalized spacial score (nSPS) is 19.2. The summed E-state index contributed by atoms with van der Waals surface area (Å²) in [7, 11) is 2.74. The first-order chi connectivity index (χ1) is 37.8. The van der Waals surface area contributed by atoms with Crippen molar-refractivity contribution in [3.05, 3.63) is 126 Å². The molecule has 2 unspecified atom stereocenters. The quantitative estimate of drug-likeness (QED) is 0.0515. The minimum atomic E-state index is -1.61. The summed E-state index contributed by atoms with van der Waals surface area (Å²) < 4.78 is 34.2. The number of alkyl carbamates (subject to hydrolysis) is 1. The Balaban J connectivity index is 1.04. The van der Waals surface area contributed by atoms with Gasteiger partial charge in [0.25, 0.3) is 11.8 Å². The first kappa shape index (κ1) is 57.9. The smallest absolute Gasteiger partial charge is 0.416 e. The zero-order chi connectivity index (χ0) is 57.2. The molecular weight excluding hydrogens is 1030 g/mol. The molecule has 4 aliphatic heterocycles. The summed E-state index contributed by atoms with van der Waals surface area (Å²) in [6, 6.07) is 8.06. The van der Waals surface area contributed by atoms with E-state index in [-0.39, 0.29) is 97.1 Å². The predicted molar refractivity (Wildman–Crippen MR) is 288 cm³/mol. The number of carbonyl (C=O) groups is 7. The molecule has 6 N–H and O–H groups in total. The fraction of sp³-hybridized carbons (Fsp3) is 0.375. The van der Waals surface area contributed by atoms with Crippen LogP contribution in [0, 0.1) is 5.92 Å². The summed E-state index contributed by atoms with van der Waals surface area (Å²) in [6.45, 7) is 11.6. The van der Waals surface area contributed by atoms with E-state index >= 15 is 0 Å². The minimum Gasteiger partial charge on any atom is -0.493 e. The van der Waals surface area contributed by atoms with Crippen LogP contribution in [0.25, 0.3) is 0 Å². The van der Waals surface area contributed by atoms with E-state index in [0.29, 0.717) is 11.3 Å². The van der Waals surface area contributed by atoms with Crippen LogP contribution in [0.4, 0.5) is 31.4 Å². The molecule has 7 amide bonds. The van der Waals surface area contributed by atoms with Crippen LogP contribution in [0.3, 0.4) is 0 Å². The van der Waals surface area contributed by atoms with E-state index in [2.05, 4.69) is 22.5 Å². The van der Waals surface area contributed by atoms with E-state index in [1.807, 2.05) is 13.8 Å². The van der Waals surface area contributed by atoms with Crippen LogP contribution in [0.5, 0.6) is 23.0 Å². The molecule has 7 rings (SSSR count). The predicted octanol–water partition coefficient (Wildman–Crippen LogP) is 6.57. The Morgan fingerprint density at radius 3 is 1.72 bits per heavy atom. The average Bonchev–Trinajstić information content (AvgIpc) is 4.28. The number of allylic oxidation sites excluding steroid dienone is 4. The Morgan fingerprint density at radius 1 is 0.722 bits per heavy atom. The third kappa shape index (κ3) is 12.8. The van der Waals surface area contributed by atoms with Crippen LogP contribution in [-0.2, 0) is 25.7 Å². The summed E-state index contributed by atoms with van der Waals surface area (Å²) in [5.74, 6) is -2.09. The maximum absolute atomic E-state index is 14.3. The van der Waals surface area contributed by atoms with Gasteiger partial charge in [-0.1, -0.05) is 62.9 Å². The number of anilines is 3. The van der Waals surface area contributed by atoms with Gasteiger partial charge < -0.3 is 69.5 Å². The van der Waals surface area contributed by atoms with E-state index in [4.69, 9.17) is 28.4 Å². The monoisotopic (exact) mass is 1090 g/mol. The Labute approximate surface area is 456 Å². The number of hydrogen-bond donors (Lipinski definition) is 6. The number of rotatable bonds is 20. The third-order valence-electron chi connectivity index (χ3n) is 13.3. The van der Waals surface area contributed by atoms with Crippen molar-refractivity contribution in [2.75, 3.05) is 49.2 Å². The second kappa shape index (κ2) is 25.5. The van der Waals surface area contributed by atoms with Crippen LogP contribution in [0.1, 0.15) is 80.2 Å². The number of carboxylic acid groups (broad SMARTS) is 1. The lowest BCUT2D eigenvalue weighted by Gasteiger charge is -2.31. The fourth-order valence-electron chi connectivity index (χ4n) is 9.39. The van der Waals surface area contributed by atoms with E-state index < -0.39 is 78.5 Å². The molecule has 0 fully saturated rings. The average molecular weight is 1090 g/mol. The zero-order valence-electron chi connectivity index (χ0n) is 44.8. The number of nitrogens with zero attached hydrogens (tertiary/aromatic N) is 4. The van der Waals surface area contributed by atoms with Crippen molar-refractivity contribution in [1.82, 2.24) is 20.4 Å². The van der Waals surface area contributed by atoms with Crippen LogP contribution in [-0.4, -0.2) is 138 Å². The molecule has 3 aromatic carbocycles. The summed E-state index contributed by atoms with van der Waals surface area (Å²) in [5.41, 5.74) is 2.18. The van der Waals surface area contributed by atoms with Crippen molar-refractivity contribution in [3.8, 4) is 23.0 Å². The molecule has 0 radical (unpaired) electrons. The van der Waals surface area contributed by atoms with E-state index in [1.165, 1.54) is 61.3 Å². The molecule has 4 aliphatic rings. The lowest BCUT2D eigenvalue weighted by molar-refractivity contribution is -0.128. The van der Waals surface area contributed by atoms with E-state index in [1.54, 1.807) is 74.8 Å². The summed E-state index contributed by atoms with van der Waals surface area (Å²) in [5, 5.41) is 41.5. The Morgan fingerprint density at radius 2 is 1.24 bits per heavy atom. The highest BCUT2D eigenvalue weighted by atomic mass is 16.6. The number of nitrogens with one attached hydrogen (secondary N) is 3. The fourth-order valence-corrected chi connectivity index (χ4v) is 9.39. The highest BCUT2D eigenvalue weighted by Crippen LogP contribution is 2.44. The van der Waals surface area contributed by atoms with Crippen LogP contribution in [0.2, 0.25) is 0 Å². The maximum Gasteiger partial charge on any atom is 0.416 e. The van der Waals surface area contributed by atoms with Crippen LogP contribution < -0.4 is 44.7 Å². The van der Waals surface area contributed by atoms with Gasteiger partial charge in [0.15, 0.2) is 35.5 Å².